The van der Waals surface area contributed by atoms with Gasteiger partial charge in [0.05, 0.1) is 0 Å². The van der Waals surface area contributed by atoms with Crippen molar-refractivity contribution < 1.29 is 9.59 Å². The summed E-state index contributed by atoms with van der Waals surface area (Å²) in [5.41, 5.74) is 6.68. The fourth-order valence-electron chi connectivity index (χ4n) is 5.93. The summed E-state index contributed by atoms with van der Waals surface area (Å²) in [5.74, 6) is 0.0282. The molecule has 0 atom stereocenters. The maximum absolute atomic E-state index is 12.9. The highest BCUT2D eigenvalue weighted by Crippen LogP contribution is 2.44. The van der Waals surface area contributed by atoms with Crippen molar-refractivity contribution in [2.75, 3.05) is 0 Å². The third-order valence-electron chi connectivity index (χ3n) is 7.97. The van der Waals surface area contributed by atoms with E-state index >= 15 is 0 Å². The Labute approximate surface area is 238 Å². The first-order chi connectivity index (χ1) is 20.1. The second-order valence-corrected chi connectivity index (χ2v) is 10.4. The van der Waals surface area contributed by atoms with Gasteiger partial charge in [-0.3, -0.25) is 9.59 Å². The Morgan fingerprint density at radius 1 is 0.537 bits per heavy atom. The molecule has 7 aromatic carbocycles. The summed E-state index contributed by atoms with van der Waals surface area (Å²) in [6, 6.07) is 43.0. The van der Waals surface area contributed by atoms with E-state index in [-0.39, 0.29) is 11.6 Å². The zero-order valence-electron chi connectivity index (χ0n) is 22.6. The van der Waals surface area contributed by atoms with Crippen LogP contribution in [0.15, 0.2) is 133 Å². The van der Waals surface area contributed by atoms with Crippen LogP contribution in [0.5, 0.6) is 0 Å². The fraction of sp³-hybridized carbons (Fsp3) is 0.0256. The van der Waals surface area contributed by atoms with E-state index in [1.165, 1.54) is 32.3 Å². The maximum Gasteiger partial charge on any atom is 0.185 e. The minimum atomic E-state index is -0.0259. The van der Waals surface area contributed by atoms with Crippen LogP contribution in [-0.4, -0.2) is 11.6 Å². The van der Waals surface area contributed by atoms with E-state index in [1.54, 1.807) is 13.0 Å². The van der Waals surface area contributed by atoms with Crippen molar-refractivity contribution >= 4 is 50.0 Å². The molecule has 41 heavy (non-hydrogen) atoms. The van der Waals surface area contributed by atoms with Crippen molar-refractivity contribution in [1.29, 1.82) is 0 Å². The maximum atomic E-state index is 12.9. The van der Waals surface area contributed by atoms with Crippen molar-refractivity contribution in [1.82, 2.24) is 0 Å². The van der Waals surface area contributed by atoms with Gasteiger partial charge in [-0.1, -0.05) is 127 Å². The van der Waals surface area contributed by atoms with Gasteiger partial charge < -0.3 is 0 Å². The number of ketones is 2. The summed E-state index contributed by atoms with van der Waals surface area (Å²) in [6.45, 7) is 1.59. The quantitative estimate of drug-likeness (QED) is 0.123. The molecule has 0 aliphatic carbocycles. The summed E-state index contributed by atoms with van der Waals surface area (Å²) < 4.78 is 0. The molecule has 2 nitrogen and oxygen atoms in total. The summed E-state index contributed by atoms with van der Waals surface area (Å²) in [6.07, 6.45) is 3.58. The number of hydrogen-bond acceptors (Lipinski definition) is 2. The fourth-order valence-corrected chi connectivity index (χ4v) is 5.93. The number of rotatable bonds is 6. The smallest absolute Gasteiger partial charge is 0.185 e. The molecular formula is C39H26O2. The zero-order chi connectivity index (χ0) is 27.9. The lowest BCUT2D eigenvalue weighted by Gasteiger charge is -2.19. The highest BCUT2D eigenvalue weighted by molar-refractivity contribution is 6.28. The SMILES string of the molecule is CC(=O)c1ccc(-c2cc(-c3ccccc3C=CC(=O)c3ccccc3)c3ccc4cccc5ccc2c3c54)cc1. The van der Waals surface area contributed by atoms with Crippen LogP contribution in [0.25, 0.3) is 60.6 Å². The Morgan fingerprint density at radius 2 is 1.20 bits per heavy atom. The average molecular weight is 527 g/mol. The van der Waals surface area contributed by atoms with Crippen LogP contribution in [0.1, 0.15) is 33.2 Å². The summed E-state index contributed by atoms with van der Waals surface area (Å²) in [5, 5.41) is 7.23. The van der Waals surface area contributed by atoms with Crippen LogP contribution in [0.4, 0.5) is 0 Å². The lowest BCUT2D eigenvalue weighted by atomic mass is 9.84. The van der Waals surface area contributed by atoms with E-state index < -0.39 is 0 Å². The van der Waals surface area contributed by atoms with Gasteiger partial charge in [0.1, 0.15) is 0 Å². The molecule has 0 N–H and O–H groups in total. The molecule has 0 radical (unpaired) electrons. The van der Waals surface area contributed by atoms with E-state index in [2.05, 4.69) is 60.7 Å². The molecule has 0 aromatic heterocycles. The van der Waals surface area contributed by atoms with Crippen LogP contribution in [-0.2, 0) is 0 Å². The van der Waals surface area contributed by atoms with E-state index in [4.69, 9.17) is 0 Å². The molecule has 0 aliphatic rings. The minimum Gasteiger partial charge on any atom is -0.295 e. The van der Waals surface area contributed by atoms with Gasteiger partial charge >= 0.3 is 0 Å². The van der Waals surface area contributed by atoms with Crippen molar-refractivity contribution in [3.05, 3.63) is 150 Å². The Kier molecular flexibility index (Phi) is 6.02. The number of benzene rings is 7. The van der Waals surface area contributed by atoms with Crippen LogP contribution in [0.3, 0.4) is 0 Å². The van der Waals surface area contributed by atoms with Gasteiger partial charge in [0, 0.05) is 11.1 Å². The van der Waals surface area contributed by atoms with Gasteiger partial charge in [0.2, 0.25) is 0 Å². The molecule has 0 amide bonds. The first kappa shape index (κ1) is 24.7. The molecule has 0 bridgehead atoms. The second kappa shape index (κ2) is 10.0. The molecule has 0 unspecified atom stereocenters. The molecular weight excluding hydrogens is 500 g/mol. The monoisotopic (exact) mass is 526 g/mol. The number of carbonyl (C=O) groups excluding carboxylic acids is 2. The van der Waals surface area contributed by atoms with Crippen LogP contribution in [0.2, 0.25) is 0 Å². The molecule has 7 aromatic rings. The molecule has 0 fully saturated rings. The van der Waals surface area contributed by atoms with Crippen molar-refractivity contribution in [2.24, 2.45) is 0 Å². The van der Waals surface area contributed by atoms with Gasteiger partial charge in [-0.25, -0.2) is 0 Å². The predicted octanol–water partition coefficient (Wildman–Crippen LogP) is 10.0. The van der Waals surface area contributed by atoms with E-state index in [1.807, 2.05) is 72.8 Å². The summed E-state index contributed by atoms with van der Waals surface area (Å²) in [7, 11) is 0. The highest BCUT2D eigenvalue weighted by atomic mass is 16.1. The van der Waals surface area contributed by atoms with Crippen molar-refractivity contribution in [3.8, 4) is 22.3 Å². The first-order valence-electron chi connectivity index (χ1n) is 13.8. The molecule has 0 saturated carbocycles. The lowest BCUT2D eigenvalue weighted by Crippen LogP contribution is -1.95. The normalized spacial score (nSPS) is 11.6. The van der Waals surface area contributed by atoms with E-state index in [0.29, 0.717) is 11.1 Å². The van der Waals surface area contributed by atoms with Gasteiger partial charge in [0.15, 0.2) is 11.6 Å². The van der Waals surface area contributed by atoms with E-state index in [9.17, 15) is 9.59 Å². The second-order valence-electron chi connectivity index (χ2n) is 10.4. The first-order valence-corrected chi connectivity index (χ1v) is 13.8. The highest BCUT2D eigenvalue weighted by Gasteiger charge is 2.18. The van der Waals surface area contributed by atoms with Crippen LogP contribution >= 0.6 is 0 Å². The van der Waals surface area contributed by atoms with Crippen molar-refractivity contribution in [3.63, 3.8) is 0 Å². The number of hydrogen-bond donors (Lipinski definition) is 0. The molecule has 7 rings (SSSR count). The molecule has 194 valence electrons. The Morgan fingerprint density at radius 3 is 1.90 bits per heavy atom. The van der Waals surface area contributed by atoms with Gasteiger partial charge in [0.25, 0.3) is 0 Å². The minimum absolute atomic E-state index is 0.0259. The van der Waals surface area contributed by atoms with Crippen LogP contribution in [0, 0.1) is 0 Å². The lowest BCUT2D eigenvalue weighted by molar-refractivity contribution is 0.101. The van der Waals surface area contributed by atoms with Gasteiger partial charge in [-0.05, 0) is 79.2 Å². The predicted molar refractivity (Wildman–Crippen MR) is 171 cm³/mol. The number of Topliss-reactive ketones (excluding diaryl/α,β-unsaturated/α-hetero) is 1. The largest absolute Gasteiger partial charge is 0.295 e. The van der Waals surface area contributed by atoms with Gasteiger partial charge in [-0.15, -0.1) is 0 Å². The van der Waals surface area contributed by atoms with Crippen LogP contribution < -0.4 is 0 Å². The Bertz CT molecular complexity index is 2100. The number of allylic oxidation sites excluding steroid dienone is 1. The third kappa shape index (κ3) is 4.31. The molecule has 0 heterocycles. The topological polar surface area (TPSA) is 34.1 Å². The third-order valence-corrected chi connectivity index (χ3v) is 7.97. The molecule has 0 spiro atoms. The molecule has 2 heteroatoms. The Balaban J connectivity index is 1.49. The zero-order valence-corrected chi connectivity index (χ0v) is 22.6. The Hall–Kier alpha value is -5.34. The van der Waals surface area contributed by atoms with Gasteiger partial charge in [-0.2, -0.15) is 0 Å². The summed E-state index contributed by atoms with van der Waals surface area (Å²) >= 11 is 0. The average Bonchev–Trinajstić information content (AvgIpc) is 3.03. The number of carbonyl (C=O) groups is 2. The molecule has 0 saturated heterocycles. The van der Waals surface area contributed by atoms with E-state index in [0.717, 1.165) is 27.8 Å². The molecule has 0 aliphatic heterocycles. The summed E-state index contributed by atoms with van der Waals surface area (Å²) in [4.78, 5) is 24.9. The van der Waals surface area contributed by atoms with Crippen molar-refractivity contribution in [2.45, 2.75) is 6.92 Å². The standard InChI is InChI=1S/C39H26O2/c1-25(40)26-14-16-28(17-15-26)35-24-36(34-22-19-31-12-7-11-30-18-21-33(35)39(34)38(30)31)32-13-6-5-8-27(32)20-23-37(41)29-9-3-2-4-10-29/h2-24H,1H3.